The number of carbonyl (C=O) groups is 1. The SMILES string of the molecule is CCOc1ccccc1N1CCN(C(=O)c2c(C)c(-c3ccc(OC)cc3)nc3ccccc23)CC1. The highest BCUT2D eigenvalue weighted by molar-refractivity contribution is 6.09. The summed E-state index contributed by atoms with van der Waals surface area (Å²) in [6.45, 7) is 7.42. The van der Waals surface area contributed by atoms with E-state index >= 15 is 0 Å². The molecule has 4 aromatic rings. The van der Waals surface area contributed by atoms with E-state index in [0.717, 1.165) is 63.6 Å². The Labute approximate surface area is 212 Å². The fraction of sp³-hybridized carbons (Fsp3) is 0.267. The number of aromatic nitrogens is 1. The van der Waals surface area contributed by atoms with Gasteiger partial charge in [0.05, 0.1) is 36.2 Å². The Morgan fingerprint density at radius 3 is 2.33 bits per heavy atom. The molecular formula is C30H31N3O3. The van der Waals surface area contributed by atoms with Crippen LogP contribution >= 0.6 is 0 Å². The molecular weight excluding hydrogens is 450 g/mol. The highest BCUT2D eigenvalue weighted by Gasteiger charge is 2.27. The summed E-state index contributed by atoms with van der Waals surface area (Å²) in [4.78, 5) is 23.2. The maximum absolute atomic E-state index is 14.0. The quantitative estimate of drug-likeness (QED) is 0.360. The minimum atomic E-state index is 0.0543. The van der Waals surface area contributed by atoms with Crippen molar-refractivity contribution in [3.8, 4) is 22.8 Å². The van der Waals surface area contributed by atoms with Crippen LogP contribution in [0.4, 0.5) is 5.69 Å². The molecule has 1 saturated heterocycles. The van der Waals surface area contributed by atoms with Gasteiger partial charge in [-0.2, -0.15) is 0 Å². The van der Waals surface area contributed by atoms with Crippen LogP contribution in [0.3, 0.4) is 0 Å². The number of nitrogens with zero attached hydrogens (tertiary/aromatic N) is 3. The third kappa shape index (κ3) is 4.47. The average molecular weight is 482 g/mol. The highest BCUT2D eigenvalue weighted by atomic mass is 16.5. The van der Waals surface area contributed by atoms with Crippen molar-refractivity contribution in [1.29, 1.82) is 0 Å². The molecule has 6 nitrogen and oxygen atoms in total. The van der Waals surface area contributed by atoms with E-state index in [0.29, 0.717) is 19.7 Å². The Kier molecular flexibility index (Phi) is 6.76. The van der Waals surface area contributed by atoms with E-state index < -0.39 is 0 Å². The topological polar surface area (TPSA) is 54.9 Å². The maximum Gasteiger partial charge on any atom is 0.255 e. The summed E-state index contributed by atoms with van der Waals surface area (Å²) in [7, 11) is 1.65. The highest BCUT2D eigenvalue weighted by Crippen LogP contribution is 2.33. The summed E-state index contributed by atoms with van der Waals surface area (Å²) >= 11 is 0. The fourth-order valence-electron chi connectivity index (χ4n) is 4.92. The van der Waals surface area contributed by atoms with Gasteiger partial charge in [0.1, 0.15) is 11.5 Å². The Hall–Kier alpha value is -4.06. The summed E-state index contributed by atoms with van der Waals surface area (Å²) < 4.78 is 11.1. The van der Waals surface area contributed by atoms with Gasteiger partial charge in [-0.3, -0.25) is 4.79 Å². The van der Waals surface area contributed by atoms with E-state index in [1.807, 2.05) is 85.5 Å². The maximum atomic E-state index is 14.0. The zero-order valence-corrected chi connectivity index (χ0v) is 21.0. The third-order valence-electron chi connectivity index (χ3n) is 6.79. The van der Waals surface area contributed by atoms with Crippen LogP contribution in [0.1, 0.15) is 22.8 Å². The standard InChI is InChI=1S/C30H31N3O3/c1-4-36-27-12-8-7-11-26(27)32-17-19-33(20-18-32)30(34)28-21(2)29(22-13-15-23(35-3)16-14-22)31-25-10-6-5-9-24(25)28/h5-16H,4,17-20H2,1-3H3. The number of benzene rings is 3. The van der Waals surface area contributed by atoms with Gasteiger partial charge in [-0.15, -0.1) is 0 Å². The van der Waals surface area contributed by atoms with E-state index in [9.17, 15) is 4.79 Å². The second-order valence-corrected chi connectivity index (χ2v) is 8.89. The van der Waals surface area contributed by atoms with Crippen molar-refractivity contribution in [1.82, 2.24) is 9.88 Å². The normalized spacial score (nSPS) is 13.6. The van der Waals surface area contributed by atoms with Gasteiger partial charge in [0.15, 0.2) is 0 Å². The van der Waals surface area contributed by atoms with Crippen LogP contribution in [-0.2, 0) is 0 Å². The van der Waals surface area contributed by atoms with Crippen LogP contribution in [0.25, 0.3) is 22.2 Å². The van der Waals surface area contributed by atoms with Crippen LogP contribution < -0.4 is 14.4 Å². The molecule has 0 aliphatic carbocycles. The number of ether oxygens (including phenoxy) is 2. The van der Waals surface area contributed by atoms with Gasteiger partial charge in [-0.25, -0.2) is 4.98 Å². The van der Waals surface area contributed by atoms with Crippen molar-refractivity contribution in [2.75, 3.05) is 44.8 Å². The molecule has 1 aliphatic heterocycles. The average Bonchev–Trinajstić information content (AvgIpc) is 2.93. The van der Waals surface area contributed by atoms with Crippen molar-refractivity contribution < 1.29 is 14.3 Å². The molecule has 0 bridgehead atoms. The van der Waals surface area contributed by atoms with Crippen LogP contribution in [-0.4, -0.2) is 55.7 Å². The molecule has 36 heavy (non-hydrogen) atoms. The Balaban J connectivity index is 1.45. The number of hydrogen-bond donors (Lipinski definition) is 0. The van der Waals surface area contributed by atoms with Gasteiger partial charge in [0, 0.05) is 37.1 Å². The number of pyridine rings is 1. The number of para-hydroxylation sites is 3. The predicted octanol–water partition coefficient (Wildman–Crippen LogP) is 5.58. The minimum Gasteiger partial charge on any atom is -0.497 e. The van der Waals surface area contributed by atoms with Crippen LogP contribution in [0.2, 0.25) is 0 Å². The van der Waals surface area contributed by atoms with Crippen molar-refractivity contribution >= 4 is 22.5 Å². The van der Waals surface area contributed by atoms with Gasteiger partial charge in [0.25, 0.3) is 5.91 Å². The number of amides is 1. The zero-order valence-electron chi connectivity index (χ0n) is 21.0. The Morgan fingerprint density at radius 2 is 1.61 bits per heavy atom. The molecule has 0 radical (unpaired) electrons. The number of hydrogen-bond acceptors (Lipinski definition) is 5. The molecule has 0 saturated carbocycles. The molecule has 1 aliphatic rings. The van der Waals surface area contributed by atoms with E-state index in [1.165, 1.54) is 0 Å². The third-order valence-corrected chi connectivity index (χ3v) is 6.79. The number of carbonyl (C=O) groups excluding carboxylic acids is 1. The second-order valence-electron chi connectivity index (χ2n) is 8.89. The predicted molar refractivity (Wildman–Crippen MR) is 144 cm³/mol. The van der Waals surface area contributed by atoms with Crippen LogP contribution in [0, 0.1) is 6.92 Å². The van der Waals surface area contributed by atoms with Crippen LogP contribution in [0.5, 0.6) is 11.5 Å². The minimum absolute atomic E-state index is 0.0543. The lowest BCUT2D eigenvalue weighted by Gasteiger charge is -2.37. The lowest BCUT2D eigenvalue weighted by atomic mass is 9.96. The number of methoxy groups -OCH3 is 1. The molecule has 1 aromatic heterocycles. The van der Waals surface area contributed by atoms with Gasteiger partial charge >= 0.3 is 0 Å². The molecule has 0 N–H and O–H groups in total. The van der Waals surface area contributed by atoms with Crippen molar-refractivity contribution in [3.63, 3.8) is 0 Å². The number of rotatable bonds is 6. The monoisotopic (exact) mass is 481 g/mol. The van der Waals surface area contributed by atoms with Crippen molar-refractivity contribution in [2.45, 2.75) is 13.8 Å². The molecule has 0 atom stereocenters. The Bertz CT molecular complexity index is 1380. The number of piperazine rings is 1. The lowest BCUT2D eigenvalue weighted by molar-refractivity contribution is 0.0748. The number of fused-ring (bicyclic) bond motifs is 1. The summed E-state index contributed by atoms with van der Waals surface area (Å²) in [5.74, 6) is 1.73. The first-order valence-electron chi connectivity index (χ1n) is 12.4. The van der Waals surface area contributed by atoms with Gasteiger partial charge < -0.3 is 19.3 Å². The van der Waals surface area contributed by atoms with Gasteiger partial charge in [-0.05, 0) is 61.9 Å². The molecule has 1 amide bonds. The fourth-order valence-corrected chi connectivity index (χ4v) is 4.92. The molecule has 5 rings (SSSR count). The molecule has 1 fully saturated rings. The first-order valence-corrected chi connectivity index (χ1v) is 12.4. The van der Waals surface area contributed by atoms with E-state index in [1.54, 1.807) is 7.11 Å². The Morgan fingerprint density at radius 1 is 0.917 bits per heavy atom. The number of anilines is 1. The first-order chi connectivity index (χ1) is 17.6. The van der Waals surface area contributed by atoms with Gasteiger partial charge in [-0.1, -0.05) is 30.3 Å². The second kappa shape index (κ2) is 10.3. The summed E-state index contributed by atoms with van der Waals surface area (Å²) in [6, 6.07) is 23.8. The molecule has 0 unspecified atom stereocenters. The lowest BCUT2D eigenvalue weighted by Crippen LogP contribution is -2.49. The molecule has 0 spiro atoms. The molecule has 3 aromatic carbocycles. The van der Waals surface area contributed by atoms with E-state index in [-0.39, 0.29) is 5.91 Å². The smallest absolute Gasteiger partial charge is 0.255 e. The largest absolute Gasteiger partial charge is 0.497 e. The van der Waals surface area contributed by atoms with E-state index in [4.69, 9.17) is 14.5 Å². The summed E-state index contributed by atoms with van der Waals surface area (Å²) in [5.41, 5.74) is 5.32. The molecule has 184 valence electrons. The zero-order chi connectivity index (χ0) is 25.1. The molecule has 6 heteroatoms. The molecule has 2 heterocycles. The van der Waals surface area contributed by atoms with Gasteiger partial charge in [0.2, 0.25) is 0 Å². The summed E-state index contributed by atoms with van der Waals surface area (Å²) in [5, 5.41) is 0.890. The van der Waals surface area contributed by atoms with E-state index in [2.05, 4.69) is 11.0 Å². The first kappa shape index (κ1) is 23.7. The van der Waals surface area contributed by atoms with Crippen molar-refractivity contribution in [2.24, 2.45) is 0 Å². The summed E-state index contributed by atoms with van der Waals surface area (Å²) in [6.07, 6.45) is 0. The van der Waals surface area contributed by atoms with Crippen LogP contribution in [0.15, 0.2) is 72.8 Å². The van der Waals surface area contributed by atoms with Crippen molar-refractivity contribution in [3.05, 3.63) is 83.9 Å².